The molecule has 0 heterocycles. The summed E-state index contributed by atoms with van der Waals surface area (Å²) in [6, 6.07) is 16.8. The number of methoxy groups -OCH3 is 1. The molecule has 0 aromatic heterocycles. The average molecular weight is 340 g/mol. The molecule has 0 atom stereocenters. The van der Waals surface area contributed by atoms with E-state index in [-0.39, 0.29) is 18.2 Å². The van der Waals surface area contributed by atoms with Crippen LogP contribution >= 0.6 is 0 Å². The SMILES string of the molecule is CCN(C(=O)CCN(C(C)=O)c1cccc(OC)c1)c1ccccc1. The number of ether oxygens (including phenoxy) is 1. The van der Waals surface area contributed by atoms with E-state index in [0.29, 0.717) is 18.8 Å². The van der Waals surface area contributed by atoms with E-state index in [1.165, 1.54) is 6.92 Å². The molecule has 0 N–H and O–H groups in total. The Labute approximate surface area is 148 Å². The van der Waals surface area contributed by atoms with Crippen LogP contribution in [0.25, 0.3) is 0 Å². The predicted molar refractivity (Wildman–Crippen MR) is 100 cm³/mol. The van der Waals surface area contributed by atoms with Crippen LogP contribution in [0.4, 0.5) is 11.4 Å². The van der Waals surface area contributed by atoms with Crippen molar-refractivity contribution in [2.75, 3.05) is 30.0 Å². The summed E-state index contributed by atoms with van der Waals surface area (Å²) < 4.78 is 5.21. The van der Waals surface area contributed by atoms with Crippen LogP contribution in [0.1, 0.15) is 20.3 Å². The van der Waals surface area contributed by atoms with Crippen molar-refractivity contribution < 1.29 is 14.3 Å². The minimum atomic E-state index is -0.108. The fraction of sp³-hybridized carbons (Fsp3) is 0.300. The van der Waals surface area contributed by atoms with Crippen molar-refractivity contribution in [1.29, 1.82) is 0 Å². The van der Waals surface area contributed by atoms with Crippen LogP contribution in [-0.4, -0.2) is 32.0 Å². The molecule has 0 fully saturated rings. The predicted octanol–water partition coefficient (Wildman–Crippen LogP) is 3.49. The molecule has 0 aliphatic carbocycles. The number of hydrogen-bond acceptors (Lipinski definition) is 3. The van der Waals surface area contributed by atoms with E-state index in [1.807, 2.05) is 55.5 Å². The van der Waals surface area contributed by atoms with Gasteiger partial charge in [-0.3, -0.25) is 9.59 Å². The molecule has 0 spiro atoms. The Hall–Kier alpha value is -2.82. The number of benzene rings is 2. The van der Waals surface area contributed by atoms with E-state index in [2.05, 4.69) is 0 Å². The molecular formula is C20H24N2O3. The Bertz CT molecular complexity index is 716. The van der Waals surface area contributed by atoms with Gasteiger partial charge in [0.25, 0.3) is 0 Å². The Balaban J connectivity index is 2.10. The van der Waals surface area contributed by atoms with Crippen LogP contribution in [-0.2, 0) is 9.59 Å². The normalized spacial score (nSPS) is 10.2. The Morgan fingerprint density at radius 1 is 0.960 bits per heavy atom. The molecule has 0 radical (unpaired) electrons. The number of carbonyl (C=O) groups is 2. The molecule has 0 saturated carbocycles. The van der Waals surface area contributed by atoms with Gasteiger partial charge in [-0.25, -0.2) is 0 Å². The lowest BCUT2D eigenvalue weighted by Gasteiger charge is -2.25. The highest BCUT2D eigenvalue weighted by molar-refractivity contribution is 5.96. The number of hydrogen-bond donors (Lipinski definition) is 0. The second-order valence-corrected chi connectivity index (χ2v) is 5.60. The molecular weight excluding hydrogens is 316 g/mol. The lowest BCUT2D eigenvalue weighted by molar-refractivity contribution is -0.118. The highest BCUT2D eigenvalue weighted by Gasteiger charge is 2.18. The molecule has 2 aromatic rings. The molecule has 0 aliphatic heterocycles. The van der Waals surface area contributed by atoms with E-state index >= 15 is 0 Å². The average Bonchev–Trinajstić information content (AvgIpc) is 2.63. The van der Waals surface area contributed by atoms with Gasteiger partial charge in [0.1, 0.15) is 5.75 Å². The molecule has 0 bridgehead atoms. The van der Waals surface area contributed by atoms with Gasteiger partial charge in [0, 0.05) is 43.9 Å². The van der Waals surface area contributed by atoms with Crippen molar-refractivity contribution in [2.24, 2.45) is 0 Å². The molecule has 0 saturated heterocycles. The summed E-state index contributed by atoms with van der Waals surface area (Å²) in [5, 5.41) is 0. The third-order valence-electron chi connectivity index (χ3n) is 3.98. The van der Waals surface area contributed by atoms with Crippen LogP contribution in [0.15, 0.2) is 54.6 Å². The minimum absolute atomic E-state index is 0.0113. The van der Waals surface area contributed by atoms with E-state index < -0.39 is 0 Å². The largest absolute Gasteiger partial charge is 0.497 e. The zero-order chi connectivity index (χ0) is 18.2. The first-order valence-corrected chi connectivity index (χ1v) is 8.34. The zero-order valence-corrected chi connectivity index (χ0v) is 14.9. The van der Waals surface area contributed by atoms with Gasteiger partial charge in [0.15, 0.2) is 0 Å². The van der Waals surface area contributed by atoms with Gasteiger partial charge in [0.05, 0.1) is 7.11 Å². The fourth-order valence-electron chi connectivity index (χ4n) is 2.70. The summed E-state index contributed by atoms with van der Waals surface area (Å²) in [6.45, 7) is 4.35. The van der Waals surface area contributed by atoms with Crippen LogP contribution in [0.5, 0.6) is 5.75 Å². The highest BCUT2D eigenvalue weighted by atomic mass is 16.5. The Morgan fingerprint density at radius 3 is 2.24 bits per heavy atom. The van der Waals surface area contributed by atoms with Crippen LogP contribution in [0.2, 0.25) is 0 Å². The minimum Gasteiger partial charge on any atom is -0.497 e. The quantitative estimate of drug-likeness (QED) is 0.775. The molecule has 0 aliphatic rings. The highest BCUT2D eigenvalue weighted by Crippen LogP contribution is 2.22. The second-order valence-electron chi connectivity index (χ2n) is 5.60. The molecule has 5 heteroatoms. The van der Waals surface area contributed by atoms with Crippen LogP contribution in [0.3, 0.4) is 0 Å². The molecule has 0 unspecified atom stereocenters. The van der Waals surface area contributed by atoms with E-state index in [4.69, 9.17) is 4.74 Å². The topological polar surface area (TPSA) is 49.9 Å². The van der Waals surface area contributed by atoms with Crippen molar-refractivity contribution in [3.63, 3.8) is 0 Å². The summed E-state index contributed by atoms with van der Waals surface area (Å²) in [6.07, 6.45) is 0.250. The third kappa shape index (κ3) is 4.83. The lowest BCUT2D eigenvalue weighted by Crippen LogP contribution is -2.36. The van der Waals surface area contributed by atoms with Gasteiger partial charge in [-0.2, -0.15) is 0 Å². The number of nitrogens with zero attached hydrogens (tertiary/aromatic N) is 2. The summed E-state index contributed by atoms with van der Waals surface area (Å²) in [5.41, 5.74) is 1.59. The molecule has 2 aromatic carbocycles. The lowest BCUT2D eigenvalue weighted by atomic mass is 10.2. The monoisotopic (exact) mass is 340 g/mol. The molecule has 2 amide bonds. The maximum absolute atomic E-state index is 12.6. The van der Waals surface area contributed by atoms with Gasteiger partial charge in [-0.05, 0) is 31.2 Å². The Kier molecular flexibility index (Phi) is 6.57. The first-order valence-electron chi connectivity index (χ1n) is 8.34. The van der Waals surface area contributed by atoms with Gasteiger partial charge in [-0.15, -0.1) is 0 Å². The Morgan fingerprint density at radius 2 is 1.64 bits per heavy atom. The summed E-state index contributed by atoms with van der Waals surface area (Å²) in [5.74, 6) is 0.557. The van der Waals surface area contributed by atoms with Crippen molar-refractivity contribution in [3.05, 3.63) is 54.6 Å². The van der Waals surface area contributed by atoms with E-state index in [1.54, 1.807) is 23.0 Å². The molecule has 132 valence electrons. The van der Waals surface area contributed by atoms with Crippen molar-refractivity contribution in [3.8, 4) is 5.75 Å². The van der Waals surface area contributed by atoms with Crippen molar-refractivity contribution in [2.45, 2.75) is 20.3 Å². The van der Waals surface area contributed by atoms with Gasteiger partial charge in [-0.1, -0.05) is 24.3 Å². The molecule has 25 heavy (non-hydrogen) atoms. The van der Waals surface area contributed by atoms with Gasteiger partial charge in [0.2, 0.25) is 11.8 Å². The van der Waals surface area contributed by atoms with Crippen LogP contribution in [0, 0.1) is 0 Å². The summed E-state index contributed by atoms with van der Waals surface area (Å²) in [4.78, 5) is 28.0. The maximum Gasteiger partial charge on any atom is 0.228 e. The summed E-state index contributed by atoms with van der Waals surface area (Å²) >= 11 is 0. The van der Waals surface area contributed by atoms with E-state index in [0.717, 1.165) is 11.4 Å². The van der Waals surface area contributed by atoms with Gasteiger partial charge >= 0.3 is 0 Å². The number of para-hydroxylation sites is 1. The standard InChI is InChI=1S/C20H24N2O3/c1-4-21(17-9-6-5-7-10-17)20(24)13-14-22(16(2)23)18-11-8-12-19(15-18)25-3/h5-12,15H,4,13-14H2,1-3H3. The number of anilines is 2. The summed E-state index contributed by atoms with van der Waals surface area (Å²) in [7, 11) is 1.58. The van der Waals surface area contributed by atoms with E-state index in [9.17, 15) is 9.59 Å². The number of amides is 2. The number of carbonyl (C=O) groups excluding carboxylic acids is 2. The van der Waals surface area contributed by atoms with Crippen LogP contribution < -0.4 is 14.5 Å². The first-order chi connectivity index (χ1) is 12.1. The fourth-order valence-corrected chi connectivity index (χ4v) is 2.70. The second kappa shape index (κ2) is 8.87. The zero-order valence-electron chi connectivity index (χ0n) is 14.9. The smallest absolute Gasteiger partial charge is 0.228 e. The molecule has 5 nitrogen and oxygen atoms in total. The van der Waals surface area contributed by atoms with Crippen molar-refractivity contribution in [1.82, 2.24) is 0 Å². The van der Waals surface area contributed by atoms with Crippen molar-refractivity contribution >= 4 is 23.2 Å². The third-order valence-corrected chi connectivity index (χ3v) is 3.98. The van der Waals surface area contributed by atoms with Gasteiger partial charge < -0.3 is 14.5 Å². The molecule has 2 rings (SSSR count). The first kappa shape index (κ1) is 18.5. The number of rotatable bonds is 7. The maximum atomic E-state index is 12.6.